The third-order valence-corrected chi connectivity index (χ3v) is 2.28. The summed E-state index contributed by atoms with van der Waals surface area (Å²) in [6.45, 7) is 3.76. The molecule has 0 heterocycles. The normalized spacial score (nSPS) is 12.7. The van der Waals surface area contributed by atoms with Gasteiger partial charge >= 0.3 is 5.97 Å². The second-order valence-electron chi connectivity index (χ2n) is 3.91. The standard InChI is InChI=1S/C14H17N3O3/c1-3-20-14(18)9-11(2)16-17-13(10-15-19)12-7-5-4-6-8-12/h4-8,10,19H,3,9H2,1-2H3/b15-10+,16-11?,17-13+. The Hall–Kier alpha value is -2.50. The van der Waals surface area contributed by atoms with Crippen LogP contribution in [0.5, 0.6) is 0 Å². The minimum absolute atomic E-state index is 0.0790. The molecule has 6 nitrogen and oxygen atoms in total. The molecule has 0 atom stereocenters. The van der Waals surface area contributed by atoms with E-state index in [1.807, 2.05) is 30.3 Å². The molecule has 1 N–H and O–H groups in total. The van der Waals surface area contributed by atoms with Crippen molar-refractivity contribution in [2.45, 2.75) is 20.3 Å². The Labute approximate surface area is 117 Å². The number of oxime groups is 1. The minimum Gasteiger partial charge on any atom is -0.466 e. The van der Waals surface area contributed by atoms with E-state index < -0.39 is 0 Å². The van der Waals surface area contributed by atoms with Gasteiger partial charge in [0.05, 0.1) is 19.2 Å². The molecule has 0 radical (unpaired) electrons. The highest BCUT2D eigenvalue weighted by atomic mass is 16.5. The predicted molar refractivity (Wildman–Crippen MR) is 77.6 cm³/mol. The van der Waals surface area contributed by atoms with Crippen molar-refractivity contribution in [1.29, 1.82) is 0 Å². The van der Waals surface area contributed by atoms with Crippen LogP contribution in [0.4, 0.5) is 0 Å². The zero-order chi connectivity index (χ0) is 14.8. The van der Waals surface area contributed by atoms with Gasteiger partial charge in [-0.1, -0.05) is 35.5 Å². The van der Waals surface area contributed by atoms with E-state index in [2.05, 4.69) is 15.4 Å². The van der Waals surface area contributed by atoms with Crippen molar-refractivity contribution in [2.75, 3.05) is 6.61 Å². The van der Waals surface area contributed by atoms with Gasteiger partial charge in [0.25, 0.3) is 0 Å². The lowest BCUT2D eigenvalue weighted by Crippen LogP contribution is -2.09. The molecule has 0 aliphatic carbocycles. The average Bonchev–Trinajstić information content (AvgIpc) is 2.44. The van der Waals surface area contributed by atoms with Crippen LogP contribution in [0.3, 0.4) is 0 Å². The smallest absolute Gasteiger partial charge is 0.311 e. The van der Waals surface area contributed by atoms with E-state index in [4.69, 9.17) is 9.94 Å². The van der Waals surface area contributed by atoms with Crippen LogP contribution in [-0.2, 0) is 9.53 Å². The summed E-state index contributed by atoms with van der Waals surface area (Å²) in [6.07, 6.45) is 1.27. The third kappa shape index (κ3) is 5.43. The van der Waals surface area contributed by atoms with Crippen molar-refractivity contribution >= 4 is 23.6 Å². The maximum atomic E-state index is 11.3. The lowest BCUT2D eigenvalue weighted by atomic mass is 10.1. The number of esters is 1. The van der Waals surface area contributed by atoms with Gasteiger partial charge in [0, 0.05) is 11.3 Å². The molecule has 0 saturated heterocycles. The van der Waals surface area contributed by atoms with Gasteiger partial charge < -0.3 is 9.94 Å². The second kappa shape index (κ2) is 8.58. The molecular weight excluding hydrogens is 258 g/mol. The molecule has 1 aromatic rings. The van der Waals surface area contributed by atoms with Crippen LogP contribution in [0.25, 0.3) is 0 Å². The van der Waals surface area contributed by atoms with Gasteiger partial charge in [-0.2, -0.15) is 5.10 Å². The van der Waals surface area contributed by atoms with Crippen molar-refractivity contribution in [1.82, 2.24) is 0 Å². The van der Waals surface area contributed by atoms with Crippen LogP contribution < -0.4 is 0 Å². The largest absolute Gasteiger partial charge is 0.466 e. The number of ether oxygens (including phenoxy) is 1. The van der Waals surface area contributed by atoms with E-state index >= 15 is 0 Å². The summed E-state index contributed by atoms with van der Waals surface area (Å²) in [5.41, 5.74) is 1.68. The van der Waals surface area contributed by atoms with Gasteiger partial charge in [-0.3, -0.25) is 4.79 Å². The number of hydrogen-bond donors (Lipinski definition) is 1. The van der Waals surface area contributed by atoms with E-state index in [1.54, 1.807) is 13.8 Å². The van der Waals surface area contributed by atoms with E-state index in [-0.39, 0.29) is 12.4 Å². The summed E-state index contributed by atoms with van der Waals surface area (Å²) in [7, 11) is 0. The van der Waals surface area contributed by atoms with E-state index in [9.17, 15) is 4.79 Å². The predicted octanol–water partition coefficient (Wildman–Crippen LogP) is 2.26. The van der Waals surface area contributed by atoms with E-state index in [0.717, 1.165) is 5.56 Å². The third-order valence-electron chi connectivity index (χ3n) is 2.28. The molecule has 106 valence electrons. The number of rotatable bonds is 6. The lowest BCUT2D eigenvalue weighted by molar-refractivity contribution is -0.141. The average molecular weight is 275 g/mol. The van der Waals surface area contributed by atoms with Crippen LogP contribution in [0.1, 0.15) is 25.8 Å². The Kier molecular flexibility index (Phi) is 6.67. The fourth-order valence-electron chi connectivity index (χ4n) is 1.42. The summed E-state index contributed by atoms with van der Waals surface area (Å²) >= 11 is 0. The highest BCUT2D eigenvalue weighted by Gasteiger charge is 2.04. The molecule has 0 amide bonds. The Bertz CT molecular complexity index is 522. The molecule has 0 aliphatic rings. The molecule has 0 unspecified atom stereocenters. The summed E-state index contributed by atoms with van der Waals surface area (Å²) in [5.74, 6) is -0.346. The Balaban J connectivity index is 2.85. The number of carbonyl (C=O) groups is 1. The number of nitrogens with zero attached hydrogens (tertiary/aromatic N) is 3. The first-order chi connectivity index (χ1) is 9.67. The van der Waals surface area contributed by atoms with Crippen molar-refractivity contribution < 1.29 is 14.7 Å². The van der Waals surface area contributed by atoms with Gasteiger partial charge in [0.1, 0.15) is 5.71 Å². The molecule has 0 saturated carbocycles. The maximum absolute atomic E-state index is 11.3. The SMILES string of the molecule is CCOC(=O)CC(C)=N/N=C(\C=N\O)c1ccccc1. The first-order valence-electron chi connectivity index (χ1n) is 6.17. The van der Waals surface area contributed by atoms with Crippen molar-refractivity contribution in [3.8, 4) is 0 Å². The molecule has 1 rings (SSSR count). The highest BCUT2D eigenvalue weighted by molar-refractivity contribution is 6.38. The summed E-state index contributed by atoms with van der Waals surface area (Å²) in [4.78, 5) is 11.3. The Morgan fingerprint density at radius 3 is 2.60 bits per heavy atom. The van der Waals surface area contributed by atoms with E-state index in [1.165, 1.54) is 6.21 Å². The molecule has 0 bridgehead atoms. The van der Waals surface area contributed by atoms with Gasteiger partial charge in [0.2, 0.25) is 0 Å². The number of carbonyl (C=O) groups excluding carboxylic acids is 1. The van der Waals surface area contributed by atoms with E-state index in [0.29, 0.717) is 18.0 Å². The number of hydrogen-bond acceptors (Lipinski definition) is 6. The Morgan fingerprint density at radius 2 is 2.00 bits per heavy atom. The second-order valence-corrected chi connectivity index (χ2v) is 3.91. The van der Waals surface area contributed by atoms with Crippen LogP contribution in [0.15, 0.2) is 45.7 Å². The fourth-order valence-corrected chi connectivity index (χ4v) is 1.42. The molecule has 20 heavy (non-hydrogen) atoms. The zero-order valence-corrected chi connectivity index (χ0v) is 11.5. The maximum Gasteiger partial charge on any atom is 0.311 e. The molecular formula is C14H17N3O3. The Morgan fingerprint density at radius 1 is 1.30 bits per heavy atom. The van der Waals surface area contributed by atoms with Crippen molar-refractivity contribution in [2.24, 2.45) is 15.4 Å². The van der Waals surface area contributed by atoms with Crippen molar-refractivity contribution in [3.05, 3.63) is 35.9 Å². The zero-order valence-electron chi connectivity index (χ0n) is 11.5. The van der Waals surface area contributed by atoms with Gasteiger partial charge in [-0.15, -0.1) is 5.10 Å². The van der Waals surface area contributed by atoms with Crippen LogP contribution in [-0.4, -0.2) is 35.4 Å². The molecule has 0 spiro atoms. The molecule has 6 heteroatoms. The monoisotopic (exact) mass is 275 g/mol. The quantitative estimate of drug-likeness (QED) is 0.374. The topological polar surface area (TPSA) is 83.6 Å². The molecule has 0 aliphatic heterocycles. The van der Waals surface area contributed by atoms with Gasteiger partial charge in [-0.05, 0) is 13.8 Å². The van der Waals surface area contributed by atoms with Crippen LogP contribution in [0, 0.1) is 0 Å². The first-order valence-corrected chi connectivity index (χ1v) is 6.17. The number of benzene rings is 1. The summed E-state index contributed by atoms with van der Waals surface area (Å²) in [5, 5.41) is 19.5. The minimum atomic E-state index is -0.346. The molecule has 0 aromatic heterocycles. The van der Waals surface area contributed by atoms with Crippen LogP contribution >= 0.6 is 0 Å². The highest BCUT2D eigenvalue weighted by Crippen LogP contribution is 2.01. The molecule has 0 fully saturated rings. The van der Waals surface area contributed by atoms with Gasteiger partial charge in [0.15, 0.2) is 0 Å². The summed E-state index contributed by atoms with van der Waals surface area (Å²) < 4.78 is 4.82. The fraction of sp³-hybridized carbons (Fsp3) is 0.286. The van der Waals surface area contributed by atoms with Crippen LogP contribution in [0.2, 0.25) is 0 Å². The molecule has 1 aromatic carbocycles. The van der Waals surface area contributed by atoms with Gasteiger partial charge in [-0.25, -0.2) is 0 Å². The lowest BCUT2D eigenvalue weighted by Gasteiger charge is -2.00. The first kappa shape index (κ1) is 15.6. The summed E-state index contributed by atoms with van der Waals surface area (Å²) in [6, 6.07) is 9.18. The van der Waals surface area contributed by atoms with Crippen molar-refractivity contribution in [3.63, 3.8) is 0 Å².